The fourth-order valence-electron chi connectivity index (χ4n) is 2.53. The molecule has 0 saturated carbocycles. The van der Waals surface area contributed by atoms with Gasteiger partial charge in [0, 0.05) is 15.3 Å². The van der Waals surface area contributed by atoms with E-state index in [9.17, 15) is 4.79 Å². The summed E-state index contributed by atoms with van der Waals surface area (Å²) in [6, 6.07) is 9.65. The van der Waals surface area contributed by atoms with Gasteiger partial charge in [0.05, 0.1) is 6.04 Å². The first-order valence-corrected chi connectivity index (χ1v) is 7.73. The maximum atomic E-state index is 12.3. The van der Waals surface area contributed by atoms with Crippen LogP contribution in [0.15, 0.2) is 40.6 Å². The number of hydrogen-bond donors (Lipinski definition) is 2. The largest absolute Gasteiger partial charge is 0.345 e. The van der Waals surface area contributed by atoms with Crippen molar-refractivity contribution >= 4 is 29.9 Å². The van der Waals surface area contributed by atoms with E-state index in [1.54, 1.807) is 17.4 Å². The summed E-state index contributed by atoms with van der Waals surface area (Å²) in [4.78, 5) is 14.5. The Morgan fingerprint density at radius 1 is 1.37 bits per heavy atom. The fourth-order valence-corrected chi connectivity index (χ4v) is 3.74. The van der Waals surface area contributed by atoms with Gasteiger partial charge in [-0.2, -0.15) is 0 Å². The summed E-state index contributed by atoms with van der Waals surface area (Å²) in [5, 5.41) is 5.25. The number of hydrogen-bond acceptors (Lipinski definition) is 3. The first-order chi connectivity index (χ1) is 9.24. The predicted octanol–water partition coefficient (Wildman–Crippen LogP) is 3.84. The van der Waals surface area contributed by atoms with Crippen molar-refractivity contribution < 1.29 is 4.79 Å². The van der Waals surface area contributed by atoms with Gasteiger partial charge in [0.2, 0.25) is 0 Å². The highest BCUT2D eigenvalue weighted by molar-refractivity contribution is 7.80. The van der Waals surface area contributed by atoms with Gasteiger partial charge in [-0.3, -0.25) is 4.79 Å². The summed E-state index contributed by atoms with van der Waals surface area (Å²) in [6.45, 7) is 0. The molecular weight excluding hydrogens is 274 g/mol. The van der Waals surface area contributed by atoms with Crippen LogP contribution < -0.4 is 5.32 Å². The minimum absolute atomic E-state index is 0.0139. The number of amides is 1. The van der Waals surface area contributed by atoms with Gasteiger partial charge in [0.25, 0.3) is 5.91 Å². The van der Waals surface area contributed by atoms with Crippen LogP contribution in [0.3, 0.4) is 0 Å². The molecule has 1 aromatic carbocycles. The topological polar surface area (TPSA) is 29.1 Å². The van der Waals surface area contributed by atoms with Crippen molar-refractivity contribution in [3.05, 3.63) is 51.7 Å². The molecule has 1 aliphatic rings. The van der Waals surface area contributed by atoms with Crippen LogP contribution >= 0.6 is 24.0 Å². The van der Waals surface area contributed by atoms with Gasteiger partial charge >= 0.3 is 0 Å². The minimum atomic E-state index is -0.0139. The molecule has 19 heavy (non-hydrogen) atoms. The molecule has 98 valence electrons. The van der Waals surface area contributed by atoms with Crippen LogP contribution in [0, 0.1) is 0 Å². The lowest BCUT2D eigenvalue weighted by molar-refractivity contribution is 0.0932. The van der Waals surface area contributed by atoms with E-state index >= 15 is 0 Å². The Labute approximate surface area is 122 Å². The van der Waals surface area contributed by atoms with E-state index < -0.39 is 0 Å². The zero-order chi connectivity index (χ0) is 13.2. The van der Waals surface area contributed by atoms with Crippen molar-refractivity contribution in [2.75, 3.05) is 0 Å². The lowest BCUT2D eigenvalue weighted by Crippen LogP contribution is -2.30. The number of benzene rings is 1. The molecule has 2 aromatic rings. The van der Waals surface area contributed by atoms with Gasteiger partial charge in [0.15, 0.2) is 0 Å². The molecular formula is C15H15NOS2. The summed E-state index contributed by atoms with van der Waals surface area (Å²) < 4.78 is 0. The Morgan fingerprint density at radius 3 is 3.11 bits per heavy atom. The molecule has 0 saturated heterocycles. The predicted molar refractivity (Wildman–Crippen MR) is 81.2 cm³/mol. The summed E-state index contributed by atoms with van der Waals surface area (Å²) in [6.07, 6.45) is 3.31. The van der Waals surface area contributed by atoms with Gasteiger partial charge in [0.1, 0.15) is 0 Å². The lowest BCUT2D eigenvalue weighted by atomic mass is 9.94. The number of carbonyl (C=O) groups is 1. The number of rotatable bonds is 2. The molecule has 1 N–H and O–H groups in total. The van der Waals surface area contributed by atoms with Gasteiger partial charge < -0.3 is 5.32 Å². The van der Waals surface area contributed by atoms with E-state index in [0.29, 0.717) is 5.56 Å². The van der Waals surface area contributed by atoms with Crippen LogP contribution in [0.1, 0.15) is 39.7 Å². The van der Waals surface area contributed by atoms with Crippen molar-refractivity contribution in [1.82, 2.24) is 5.32 Å². The number of thiophene rings is 1. The first kappa shape index (κ1) is 12.8. The van der Waals surface area contributed by atoms with E-state index in [1.165, 1.54) is 10.4 Å². The zero-order valence-electron chi connectivity index (χ0n) is 10.4. The molecule has 4 heteroatoms. The monoisotopic (exact) mass is 289 g/mol. The number of thiol groups is 1. The van der Waals surface area contributed by atoms with Crippen LogP contribution in [0.2, 0.25) is 0 Å². The second kappa shape index (κ2) is 5.39. The SMILES string of the molecule is O=C(NC1CCCc2sccc21)c1cccc(S)c1. The number of aryl methyl sites for hydroxylation is 1. The molecule has 0 bridgehead atoms. The van der Waals surface area contributed by atoms with E-state index in [2.05, 4.69) is 29.4 Å². The Balaban J connectivity index is 1.78. The minimum Gasteiger partial charge on any atom is -0.345 e. The van der Waals surface area contributed by atoms with E-state index in [0.717, 1.165) is 24.2 Å². The van der Waals surface area contributed by atoms with Crippen molar-refractivity contribution in [2.24, 2.45) is 0 Å². The maximum Gasteiger partial charge on any atom is 0.251 e. The summed E-state index contributed by atoms with van der Waals surface area (Å²) in [5.41, 5.74) is 1.97. The third-order valence-corrected chi connectivity index (χ3v) is 4.74. The van der Waals surface area contributed by atoms with Gasteiger partial charge in [-0.25, -0.2) is 0 Å². The summed E-state index contributed by atoms with van der Waals surface area (Å²) >= 11 is 6.06. The molecule has 0 spiro atoms. The normalized spacial score (nSPS) is 17.8. The zero-order valence-corrected chi connectivity index (χ0v) is 12.1. The molecule has 1 unspecified atom stereocenters. The highest BCUT2D eigenvalue weighted by atomic mass is 32.1. The molecule has 1 amide bonds. The van der Waals surface area contributed by atoms with Crippen molar-refractivity contribution in [1.29, 1.82) is 0 Å². The Hall–Kier alpha value is -1.26. The number of fused-ring (bicyclic) bond motifs is 1. The fraction of sp³-hybridized carbons (Fsp3) is 0.267. The first-order valence-electron chi connectivity index (χ1n) is 6.40. The van der Waals surface area contributed by atoms with Crippen molar-refractivity contribution in [3.8, 4) is 0 Å². The average molecular weight is 289 g/mol. The Morgan fingerprint density at radius 2 is 2.26 bits per heavy atom. The Kier molecular flexibility index (Phi) is 3.62. The summed E-state index contributed by atoms with van der Waals surface area (Å²) in [7, 11) is 0. The molecule has 1 atom stereocenters. The molecule has 1 aromatic heterocycles. The lowest BCUT2D eigenvalue weighted by Gasteiger charge is -2.23. The molecule has 1 aliphatic carbocycles. The van der Waals surface area contributed by atoms with Gasteiger partial charge in [-0.1, -0.05) is 6.07 Å². The number of carbonyl (C=O) groups excluding carboxylic acids is 1. The third-order valence-electron chi connectivity index (χ3n) is 3.47. The van der Waals surface area contributed by atoms with Crippen LogP contribution in [0.5, 0.6) is 0 Å². The van der Waals surface area contributed by atoms with Crippen LogP contribution in [0.25, 0.3) is 0 Å². The Bertz CT molecular complexity index is 606. The summed E-state index contributed by atoms with van der Waals surface area (Å²) in [5.74, 6) is -0.0139. The quantitative estimate of drug-likeness (QED) is 0.808. The van der Waals surface area contributed by atoms with E-state index in [1.807, 2.05) is 18.2 Å². The van der Waals surface area contributed by atoms with Gasteiger partial charge in [-0.15, -0.1) is 24.0 Å². The van der Waals surface area contributed by atoms with E-state index in [-0.39, 0.29) is 11.9 Å². The van der Waals surface area contributed by atoms with Crippen molar-refractivity contribution in [3.63, 3.8) is 0 Å². The standard InChI is InChI=1S/C15H15NOS2/c17-15(10-3-1-4-11(18)9-10)16-13-5-2-6-14-12(13)7-8-19-14/h1,3-4,7-9,13,18H,2,5-6H2,(H,16,17). The smallest absolute Gasteiger partial charge is 0.251 e. The molecule has 0 radical (unpaired) electrons. The van der Waals surface area contributed by atoms with Crippen LogP contribution in [0.4, 0.5) is 0 Å². The van der Waals surface area contributed by atoms with Crippen LogP contribution in [-0.2, 0) is 6.42 Å². The second-order valence-electron chi connectivity index (χ2n) is 4.77. The highest BCUT2D eigenvalue weighted by Gasteiger charge is 2.23. The number of nitrogens with one attached hydrogen (secondary N) is 1. The molecule has 0 aliphatic heterocycles. The second-order valence-corrected chi connectivity index (χ2v) is 6.28. The molecule has 0 fully saturated rings. The maximum absolute atomic E-state index is 12.3. The molecule has 1 heterocycles. The van der Waals surface area contributed by atoms with E-state index in [4.69, 9.17) is 0 Å². The molecule has 2 nitrogen and oxygen atoms in total. The third kappa shape index (κ3) is 2.69. The van der Waals surface area contributed by atoms with Crippen LogP contribution in [-0.4, -0.2) is 5.91 Å². The van der Waals surface area contributed by atoms with Crippen molar-refractivity contribution in [2.45, 2.75) is 30.2 Å². The molecule has 3 rings (SSSR count). The highest BCUT2D eigenvalue weighted by Crippen LogP contribution is 2.33. The average Bonchev–Trinajstić information content (AvgIpc) is 2.88. The van der Waals surface area contributed by atoms with Gasteiger partial charge in [-0.05, 0) is 54.5 Å².